The average Bonchev–Trinajstić information content (AvgIpc) is 2.80. The molecule has 0 atom stereocenters. The maximum absolute atomic E-state index is 4.32. The van der Waals surface area contributed by atoms with Crippen LogP contribution in [0.4, 0.5) is 0 Å². The SMILES string of the molecule is Cn1ccnc1CCNCc1ccc(C(C)(C)C)cc1. The first kappa shape index (κ1) is 14.8. The van der Waals surface area contributed by atoms with Gasteiger partial charge in [-0.2, -0.15) is 0 Å². The third kappa shape index (κ3) is 3.94. The van der Waals surface area contributed by atoms with Crippen molar-refractivity contribution in [2.24, 2.45) is 7.05 Å². The van der Waals surface area contributed by atoms with Gasteiger partial charge in [-0.15, -0.1) is 0 Å². The van der Waals surface area contributed by atoms with E-state index in [0.717, 1.165) is 25.3 Å². The first-order chi connectivity index (χ1) is 9.47. The van der Waals surface area contributed by atoms with Crippen molar-refractivity contribution in [3.05, 3.63) is 53.6 Å². The van der Waals surface area contributed by atoms with E-state index in [0.29, 0.717) is 0 Å². The van der Waals surface area contributed by atoms with Crippen molar-refractivity contribution in [2.75, 3.05) is 6.54 Å². The molecule has 0 amide bonds. The van der Waals surface area contributed by atoms with E-state index in [1.165, 1.54) is 11.1 Å². The summed E-state index contributed by atoms with van der Waals surface area (Å²) in [5, 5.41) is 3.47. The normalized spacial score (nSPS) is 11.8. The van der Waals surface area contributed by atoms with Crippen LogP contribution in [0.3, 0.4) is 0 Å². The summed E-state index contributed by atoms with van der Waals surface area (Å²) in [6, 6.07) is 8.90. The smallest absolute Gasteiger partial charge is 0.109 e. The Balaban J connectivity index is 1.78. The number of rotatable bonds is 5. The van der Waals surface area contributed by atoms with Gasteiger partial charge in [-0.3, -0.25) is 0 Å². The predicted molar refractivity (Wildman–Crippen MR) is 83.8 cm³/mol. The fraction of sp³-hybridized carbons (Fsp3) is 0.471. The first-order valence-corrected chi connectivity index (χ1v) is 7.23. The summed E-state index contributed by atoms with van der Waals surface area (Å²) in [6.45, 7) is 8.59. The van der Waals surface area contributed by atoms with Crippen LogP contribution < -0.4 is 5.32 Å². The lowest BCUT2D eigenvalue weighted by molar-refractivity contribution is 0.589. The molecule has 20 heavy (non-hydrogen) atoms. The van der Waals surface area contributed by atoms with Crippen molar-refractivity contribution in [1.82, 2.24) is 14.9 Å². The largest absolute Gasteiger partial charge is 0.338 e. The Morgan fingerprint density at radius 3 is 2.40 bits per heavy atom. The van der Waals surface area contributed by atoms with Crippen LogP contribution in [0.5, 0.6) is 0 Å². The molecule has 0 fully saturated rings. The molecule has 0 aliphatic carbocycles. The molecular formula is C17H25N3. The molecule has 0 saturated heterocycles. The van der Waals surface area contributed by atoms with Crippen LogP contribution in [0, 0.1) is 0 Å². The third-order valence-electron chi connectivity index (χ3n) is 3.60. The highest BCUT2D eigenvalue weighted by molar-refractivity contribution is 5.27. The third-order valence-corrected chi connectivity index (χ3v) is 3.60. The molecular weight excluding hydrogens is 246 g/mol. The van der Waals surface area contributed by atoms with Crippen LogP contribution in [0.2, 0.25) is 0 Å². The quantitative estimate of drug-likeness (QED) is 0.847. The predicted octanol–water partition coefficient (Wildman–Crippen LogP) is 3.05. The fourth-order valence-corrected chi connectivity index (χ4v) is 2.19. The standard InChI is InChI=1S/C17H25N3/c1-17(2,3)15-7-5-14(6-8-15)13-18-10-9-16-19-11-12-20(16)4/h5-8,11-12,18H,9-10,13H2,1-4H3. The Bertz CT molecular complexity index is 532. The molecule has 0 bridgehead atoms. The highest BCUT2D eigenvalue weighted by Gasteiger charge is 2.12. The fourth-order valence-electron chi connectivity index (χ4n) is 2.19. The van der Waals surface area contributed by atoms with Gasteiger partial charge in [0.15, 0.2) is 0 Å². The van der Waals surface area contributed by atoms with Crippen LogP contribution in [-0.2, 0) is 25.4 Å². The zero-order chi connectivity index (χ0) is 14.6. The van der Waals surface area contributed by atoms with Crippen LogP contribution in [0.1, 0.15) is 37.7 Å². The molecule has 2 aromatic rings. The summed E-state index contributed by atoms with van der Waals surface area (Å²) in [7, 11) is 2.04. The molecule has 1 aromatic heterocycles. The van der Waals surface area contributed by atoms with E-state index in [1.54, 1.807) is 0 Å². The van der Waals surface area contributed by atoms with Gasteiger partial charge in [-0.25, -0.2) is 4.98 Å². The van der Waals surface area contributed by atoms with Crippen LogP contribution in [0.25, 0.3) is 0 Å². The number of nitrogens with zero attached hydrogens (tertiary/aromatic N) is 2. The summed E-state index contributed by atoms with van der Waals surface area (Å²) in [5.74, 6) is 1.13. The molecule has 3 nitrogen and oxygen atoms in total. The second-order valence-electron chi connectivity index (χ2n) is 6.33. The Morgan fingerprint density at radius 1 is 1.15 bits per heavy atom. The van der Waals surface area contributed by atoms with E-state index in [-0.39, 0.29) is 5.41 Å². The minimum absolute atomic E-state index is 0.226. The zero-order valence-electron chi connectivity index (χ0n) is 13.0. The highest BCUT2D eigenvalue weighted by atomic mass is 15.0. The van der Waals surface area contributed by atoms with Gasteiger partial charge in [0.2, 0.25) is 0 Å². The zero-order valence-corrected chi connectivity index (χ0v) is 13.0. The van der Waals surface area contributed by atoms with Gasteiger partial charge >= 0.3 is 0 Å². The minimum atomic E-state index is 0.226. The first-order valence-electron chi connectivity index (χ1n) is 7.23. The van der Waals surface area contributed by atoms with Crippen LogP contribution in [0.15, 0.2) is 36.7 Å². The van der Waals surface area contributed by atoms with Gasteiger partial charge < -0.3 is 9.88 Å². The van der Waals surface area contributed by atoms with Crippen LogP contribution in [-0.4, -0.2) is 16.1 Å². The van der Waals surface area contributed by atoms with Gasteiger partial charge in [0, 0.05) is 39.0 Å². The molecule has 3 heteroatoms. The van der Waals surface area contributed by atoms with Crippen molar-refractivity contribution in [3.8, 4) is 0 Å². The van der Waals surface area contributed by atoms with Gasteiger partial charge in [0.25, 0.3) is 0 Å². The van der Waals surface area contributed by atoms with Crippen molar-refractivity contribution >= 4 is 0 Å². The molecule has 0 saturated carbocycles. The molecule has 1 aromatic carbocycles. The number of hydrogen-bond donors (Lipinski definition) is 1. The van der Waals surface area contributed by atoms with Crippen molar-refractivity contribution in [2.45, 2.75) is 39.2 Å². The number of benzene rings is 1. The Labute approximate surface area is 122 Å². The summed E-state index contributed by atoms with van der Waals surface area (Å²) in [6.07, 6.45) is 4.80. The Kier molecular flexibility index (Phi) is 4.61. The molecule has 1 N–H and O–H groups in total. The van der Waals surface area contributed by atoms with Crippen LogP contribution >= 0.6 is 0 Å². The second-order valence-corrected chi connectivity index (χ2v) is 6.33. The van der Waals surface area contributed by atoms with Gasteiger partial charge in [-0.05, 0) is 16.5 Å². The Morgan fingerprint density at radius 2 is 1.85 bits per heavy atom. The lowest BCUT2D eigenvalue weighted by atomic mass is 9.87. The maximum atomic E-state index is 4.32. The van der Waals surface area contributed by atoms with Crippen molar-refractivity contribution in [1.29, 1.82) is 0 Å². The molecule has 108 valence electrons. The number of aryl methyl sites for hydroxylation is 1. The molecule has 0 unspecified atom stereocenters. The molecule has 2 rings (SSSR count). The minimum Gasteiger partial charge on any atom is -0.338 e. The molecule has 0 radical (unpaired) electrons. The van der Waals surface area contributed by atoms with Crippen molar-refractivity contribution < 1.29 is 0 Å². The lowest BCUT2D eigenvalue weighted by Crippen LogP contribution is -2.18. The molecule has 0 aliphatic heterocycles. The number of nitrogens with one attached hydrogen (secondary N) is 1. The van der Waals surface area contributed by atoms with E-state index >= 15 is 0 Å². The van der Waals surface area contributed by atoms with E-state index in [9.17, 15) is 0 Å². The lowest BCUT2D eigenvalue weighted by Gasteiger charge is -2.19. The Hall–Kier alpha value is -1.61. The monoisotopic (exact) mass is 271 g/mol. The second kappa shape index (κ2) is 6.23. The van der Waals surface area contributed by atoms with Crippen molar-refractivity contribution in [3.63, 3.8) is 0 Å². The summed E-state index contributed by atoms with van der Waals surface area (Å²) < 4.78 is 2.07. The summed E-state index contributed by atoms with van der Waals surface area (Å²) in [5.41, 5.74) is 2.94. The summed E-state index contributed by atoms with van der Waals surface area (Å²) >= 11 is 0. The van der Waals surface area contributed by atoms with E-state index in [2.05, 4.69) is 59.9 Å². The number of hydrogen-bond acceptors (Lipinski definition) is 2. The molecule has 0 spiro atoms. The maximum Gasteiger partial charge on any atom is 0.109 e. The van der Waals surface area contributed by atoms with Gasteiger partial charge in [-0.1, -0.05) is 45.0 Å². The summed E-state index contributed by atoms with van der Waals surface area (Å²) in [4.78, 5) is 4.32. The highest BCUT2D eigenvalue weighted by Crippen LogP contribution is 2.22. The van der Waals surface area contributed by atoms with Gasteiger partial charge in [0.05, 0.1) is 0 Å². The van der Waals surface area contributed by atoms with E-state index in [1.807, 2.05) is 19.4 Å². The molecule has 0 aliphatic rings. The van der Waals surface area contributed by atoms with E-state index in [4.69, 9.17) is 0 Å². The topological polar surface area (TPSA) is 29.9 Å². The van der Waals surface area contributed by atoms with E-state index < -0.39 is 0 Å². The molecule has 1 heterocycles. The number of imidazole rings is 1. The average molecular weight is 271 g/mol. The van der Waals surface area contributed by atoms with Gasteiger partial charge in [0.1, 0.15) is 5.82 Å². The number of aromatic nitrogens is 2.